The lowest BCUT2D eigenvalue weighted by Crippen LogP contribution is -2.35. The van der Waals surface area contributed by atoms with Gasteiger partial charge in [0.25, 0.3) is 0 Å². The van der Waals surface area contributed by atoms with Crippen LogP contribution in [0.25, 0.3) is 0 Å². The molecule has 1 heterocycles. The summed E-state index contributed by atoms with van der Waals surface area (Å²) in [6, 6.07) is 6.39. The van der Waals surface area contributed by atoms with Crippen molar-refractivity contribution in [1.29, 1.82) is 0 Å². The first-order valence-corrected chi connectivity index (χ1v) is 6.28. The van der Waals surface area contributed by atoms with E-state index in [4.69, 9.17) is 0 Å². The second kappa shape index (κ2) is 5.48. The molecule has 1 N–H and O–H groups in total. The number of hydrogen-bond acceptors (Lipinski definition) is 2. The summed E-state index contributed by atoms with van der Waals surface area (Å²) in [5.41, 5.74) is 0.824. The molecule has 0 aromatic heterocycles. The summed E-state index contributed by atoms with van der Waals surface area (Å²) < 4.78 is 13.1. The van der Waals surface area contributed by atoms with Crippen LogP contribution in [-0.2, 0) is 11.3 Å². The third-order valence-electron chi connectivity index (χ3n) is 3.52. The molecule has 0 unspecified atom stereocenters. The molecule has 1 aliphatic rings. The molecule has 0 saturated carbocycles. The molecule has 0 aliphatic carbocycles. The van der Waals surface area contributed by atoms with Gasteiger partial charge in [0.1, 0.15) is 5.82 Å². The summed E-state index contributed by atoms with van der Waals surface area (Å²) in [7, 11) is 1.78. The molecule has 0 radical (unpaired) electrons. The molecule has 1 aliphatic heterocycles. The van der Waals surface area contributed by atoms with Crippen LogP contribution in [0.3, 0.4) is 0 Å². The lowest BCUT2D eigenvalue weighted by molar-refractivity contribution is -0.135. The summed E-state index contributed by atoms with van der Waals surface area (Å²) in [5.74, 6) is 0.289. The van der Waals surface area contributed by atoms with Gasteiger partial charge < -0.3 is 10.2 Å². The standard InChI is InChI=1S/C14H19FN2O/c1-10-7-16-8-13(10)14(18)17(2)9-11-4-3-5-12(15)6-11/h3-6,10,13,16H,7-9H2,1-2H3/t10-,13-/m1/s1. The fourth-order valence-corrected chi connectivity index (χ4v) is 2.41. The third-order valence-corrected chi connectivity index (χ3v) is 3.52. The van der Waals surface area contributed by atoms with Gasteiger partial charge in [0.15, 0.2) is 0 Å². The average molecular weight is 250 g/mol. The van der Waals surface area contributed by atoms with Crippen LogP contribution in [0.5, 0.6) is 0 Å². The molecular weight excluding hydrogens is 231 g/mol. The maximum Gasteiger partial charge on any atom is 0.227 e. The Morgan fingerprint density at radius 3 is 2.89 bits per heavy atom. The summed E-state index contributed by atoms with van der Waals surface area (Å²) in [6.07, 6.45) is 0. The smallest absolute Gasteiger partial charge is 0.227 e. The van der Waals surface area contributed by atoms with Gasteiger partial charge in [0.05, 0.1) is 5.92 Å². The summed E-state index contributed by atoms with van der Waals surface area (Å²) >= 11 is 0. The van der Waals surface area contributed by atoms with Crippen LogP contribution in [0.4, 0.5) is 4.39 Å². The summed E-state index contributed by atoms with van der Waals surface area (Å²) in [6.45, 7) is 4.18. The molecular formula is C14H19FN2O. The molecule has 1 aromatic carbocycles. The molecule has 1 saturated heterocycles. The zero-order valence-electron chi connectivity index (χ0n) is 10.8. The number of amides is 1. The van der Waals surface area contributed by atoms with Gasteiger partial charge in [-0.25, -0.2) is 4.39 Å². The number of nitrogens with one attached hydrogen (secondary N) is 1. The van der Waals surface area contributed by atoms with Gasteiger partial charge in [0, 0.05) is 20.1 Å². The van der Waals surface area contributed by atoms with Gasteiger partial charge in [-0.3, -0.25) is 4.79 Å². The van der Waals surface area contributed by atoms with Crippen molar-refractivity contribution in [2.24, 2.45) is 11.8 Å². The highest BCUT2D eigenvalue weighted by molar-refractivity contribution is 5.79. The molecule has 0 bridgehead atoms. The van der Waals surface area contributed by atoms with E-state index in [1.807, 2.05) is 6.07 Å². The van der Waals surface area contributed by atoms with Crippen molar-refractivity contribution < 1.29 is 9.18 Å². The predicted molar refractivity (Wildman–Crippen MR) is 68.4 cm³/mol. The fourth-order valence-electron chi connectivity index (χ4n) is 2.41. The molecule has 2 rings (SSSR count). The van der Waals surface area contributed by atoms with Crippen molar-refractivity contribution in [2.75, 3.05) is 20.1 Å². The zero-order chi connectivity index (χ0) is 13.1. The second-order valence-electron chi connectivity index (χ2n) is 5.07. The quantitative estimate of drug-likeness (QED) is 0.884. The topological polar surface area (TPSA) is 32.3 Å². The first kappa shape index (κ1) is 13.0. The van der Waals surface area contributed by atoms with Crippen LogP contribution >= 0.6 is 0 Å². The van der Waals surface area contributed by atoms with Gasteiger partial charge in [-0.15, -0.1) is 0 Å². The first-order valence-electron chi connectivity index (χ1n) is 6.28. The van der Waals surface area contributed by atoms with E-state index in [-0.39, 0.29) is 17.6 Å². The van der Waals surface area contributed by atoms with Crippen LogP contribution in [-0.4, -0.2) is 30.9 Å². The van der Waals surface area contributed by atoms with E-state index in [0.29, 0.717) is 12.5 Å². The molecule has 98 valence electrons. The highest BCUT2D eigenvalue weighted by Crippen LogP contribution is 2.19. The average Bonchev–Trinajstić information content (AvgIpc) is 2.74. The normalized spacial score (nSPS) is 23.1. The Hall–Kier alpha value is -1.42. The van der Waals surface area contributed by atoms with Crippen molar-refractivity contribution in [2.45, 2.75) is 13.5 Å². The third kappa shape index (κ3) is 2.88. The number of benzene rings is 1. The maximum absolute atomic E-state index is 13.1. The van der Waals surface area contributed by atoms with Crippen LogP contribution in [0.15, 0.2) is 24.3 Å². The van der Waals surface area contributed by atoms with Crippen LogP contribution in [0.1, 0.15) is 12.5 Å². The van der Waals surface area contributed by atoms with Crippen LogP contribution in [0, 0.1) is 17.7 Å². The number of carbonyl (C=O) groups excluding carboxylic acids is 1. The Balaban J connectivity index is 1.99. The summed E-state index contributed by atoms with van der Waals surface area (Å²) in [5, 5.41) is 3.22. The minimum Gasteiger partial charge on any atom is -0.341 e. The van der Waals surface area contributed by atoms with Gasteiger partial charge in [-0.2, -0.15) is 0 Å². The molecule has 2 atom stereocenters. The first-order chi connectivity index (χ1) is 8.58. The van der Waals surface area contributed by atoms with E-state index < -0.39 is 0 Å². The molecule has 1 amide bonds. The van der Waals surface area contributed by atoms with Crippen molar-refractivity contribution in [3.05, 3.63) is 35.6 Å². The molecule has 1 aromatic rings. The van der Waals surface area contributed by atoms with Gasteiger partial charge in [0.2, 0.25) is 5.91 Å². The van der Waals surface area contributed by atoms with Crippen molar-refractivity contribution >= 4 is 5.91 Å². The maximum atomic E-state index is 13.1. The van der Waals surface area contributed by atoms with Crippen molar-refractivity contribution in [3.8, 4) is 0 Å². The van der Waals surface area contributed by atoms with Gasteiger partial charge in [-0.05, 0) is 30.2 Å². The Morgan fingerprint density at radius 1 is 1.50 bits per heavy atom. The van der Waals surface area contributed by atoms with Gasteiger partial charge >= 0.3 is 0 Å². The van der Waals surface area contributed by atoms with Crippen molar-refractivity contribution in [1.82, 2.24) is 10.2 Å². The van der Waals surface area contributed by atoms with E-state index in [1.54, 1.807) is 18.0 Å². The Bertz CT molecular complexity index is 436. The van der Waals surface area contributed by atoms with E-state index >= 15 is 0 Å². The number of rotatable bonds is 3. The Labute approximate surface area is 107 Å². The minimum atomic E-state index is -0.260. The molecule has 4 heteroatoms. The highest BCUT2D eigenvalue weighted by atomic mass is 19.1. The van der Waals surface area contributed by atoms with E-state index in [0.717, 1.165) is 18.7 Å². The molecule has 1 fully saturated rings. The SMILES string of the molecule is C[C@@H]1CNC[C@H]1C(=O)N(C)Cc1cccc(F)c1. The highest BCUT2D eigenvalue weighted by Gasteiger charge is 2.31. The Morgan fingerprint density at radius 2 is 2.28 bits per heavy atom. The van der Waals surface area contributed by atoms with Crippen molar-refractivity contribution in [3.63, 3.8) is 0 Å². The van der Waals surface area contributed by atoms with Crippen LogP contribution < -0.4 is 5.32 Å². The van der Waals surface area contributed by atoms with E-state index in [2.05, 4.69) is 12.2 Å². The lowest BCUT2D eigenvalue weighted by Gasteiger charge is -2.23. The lowest BCUT2D eigenvalue weighted by atomic mass is 9.96. The van der Waals surface area contributed by atoms with Crippen LogP contribution in [0.2, 0.25) is 0 Å². The number of nitrogens with zero attached hydrogens (tertiary/aromatic N) is 1. The Kier molecular flexibility index (Phi) is 3.97. The van der Waals surface area contributed by atoms with E-state index in [9.17, 15) is 9.18 Å². The second-order valence-corrected chi connectivity index (χ2v) is 5.07. The fraction of sp³-hybridized carbons (Fsp3) is 0.500. The molecule has 3 nitrogen and oxygen atoms in total. The molecule has 18 heavy (non-hydrogen) atoms. The largest absolute Gasteiger partial charge is 0.341 e. The number of hydrogen-bond donors (Lipinski definition) is 1. The zero-order valence-corrected chi connectivity index (χ0v) is 10.8. The predicted octanol–water partition coefficient (Wildman–Crippen LogP) is 1.64. The monoisotopic (exact) mass is 250 g/mol. The van der Waals surface area contributed by atoms with E-state index in [1.165, 1.54) is 12.1 Å². The van der Waals surface area contributed by atoms with Gasteiger partial charge in [-0.1, -0.05) is 19.1 Å². The molecule has 0 spiro atoms. The minimum absolute atomic E-state index is 0.0450. The number of halogens is 1. The number of carbonyl (C=O) groups is 1. The summed E-state index contributed by atoms with van der Waals surface area (Å²) in [4.78, 5) is 13.9.